The zero-order valence-electron chi connectivity index (χ0n) is 18.4. The number of rotatable bonds is 8. The molecule has 1 aliphatic rings. The van der Waals surface area contributed by atoms with Gasteiger partial charge in [0.2, 0.25) is 5.95 Å². The van der Waals surface area contributed by atoms with Crippen LogP contribution in [0.2, 0.25) is 0 Å². The van der Waals surface area contributed by atoms with Gasteiger partial charge in [0, 0.05) is 41.6 Å². The second kappa shape index (κ2) is 10.5. The molecule has 1 fully saturated rings. The summed E-state index contributed by atoms with van der Waals surface area (Å²) in [6.45, 7) is 1.86. The van der Waals surface area contributed by atoms with E-state index in [1.165, 1.54) is 11.3 Å². The average Bonchev–Trinajstić information content (AvgIpc) is 3.47. The van der Waals surface area contributed by atoms with Crippen molar-refractivity contribution in [3.05, 3.63) is 62.4 Å². The molecule has 8 nitrogen and oxygen atoms in total. The molecule has 0 bridgehead atoms. The van der Waals surface area contributed by atoms with Crippen molar-refractivity contribution in [1.29, 1.82) is 0 Å². The van der Waals surface area contributed by atoms with E-state index in [2.05, 4.69) is 31.5 Å². The predicted molar refractivity (Wildman–Crippen MR) is 135 cm³/mol. The molecule has 0 aliphatic carbocycles. The third-order valence-electron chi connectivity index (χ3n) is 5.68. The van der Waals surface area contributed by atoms with E-state index >= 15 is 0 Å². The van der Waals surface area contributed by atoms with Crippen molar-refractivity contribution in [1.82, 2.24) is 14.9 Å². The Balaban J connectivity index is 1.68. The van der Waals surface area contributed by atoms with Gasteiger partial charge in [-0.2, -0.15) is 16.3 Å². The van der Waals surface area contributed by atoms with Gasteiger partial charge in [0.25, 0.3) is 5.91 Å². The molecule has 0 saturated carbocycles. The van der Waals surface area contributed by atoms with Crippen LogP contribution in [0.1, 0.15) is 39.3 Å². The minimum atomic E-state index is -0.352. The number of hydrogen-bond acceptors (Lipinski definition) is 7. The Labute approximate surface area is 205 Å². The van der Waals surface area contributed by atoms with Gasteiger partial charge in [0.05, 0.1) is 13.1 Å². The summed E-state index contributed by atoms with van der Waals surface area (Å²) in [5.41, 5.74) is 8.24. The highest BCUT2D eigenvalue weighted by atomic mass is 79.9. The Morgan fingerprint density at radius 1 is 1.30 bits per heavy atom. The average molecular weight is 531 g/mol. The molecule has 0 radical (unpaired) electrons. The van der Waals surface area contributed by atoms with Gasteiger partial charge < -0.3 is 21.3 Å². The number of nitrogens with two attached hydrogens (primary N) is 1. The molecular formula is C23H27BrN6O2S. The van der Waals surface area contributed by atoms with E-state index in [1.807, 2.05) is 34.2 Å². The van der Waals surface area contributed by atoms with E-state index in [1.54, 1.807) is 18.5 Å². The molecule has 1 aromatic carbocycles. The minimum Gasteiger partial charge on any atom is -0.371 e. The number of benzene rings is 1. The molecule has 1 saturated heterocycles. The van der Waals surface area contributed by atoms with E-state index in [-0.39, 0.29) is 24.3 Å². The monoisotopic (exact) mass is 530 g/mol. The summed E-state index contributed by atoms with van der Waals surface area (Å²) >= 11 is 5.07. The number of nitrogens with one attached hydrogen (secondary N) is 2. The SMILES string of the molecule is CNc1nc(N2CCC[C@@H](N)C2)n(Cc2ccccc2Br)c1C(=O)NCC(=O)c1ccsc1. The van der Waals surface area contributed by atoms with E-state index in [4.69, 9.17) is 10.7 Å². The number of piperidine rings is 1. The maximum atomic E-state index is 13.3. The standard InChI is InChI=1S/C23H27BrN6O2S/c1-26-21-20(22(32)27-11-19(31)16-8-10-33-14-16)30(12-15-5-2-3-7-18(15)24)23(28-21)29-9-4-6-17(25)13-29/h2-3,5,7-8,10,14,17,26H,4,6,9,11-13,25H2,1H3,(H,27,32)/t17-/m1/s1. The first-order valence-corrected chi connectivity index (χ1v) is 12.6. The van der Waals surface area contributed by atoms with Crippen molar-refractivity contribution in [2.45, 2.75) is 25.4 Å². The first-order chi connectivity index (χ1) is 16.0. The number of carbonyl (C=O) groups excluding carboxylic acids is 2. The van der Waals surface area contributed by atoms with Crippen LogP contribution in [0.3, 0.4) is 0 Å². The molecule has 4 rings (SSSR count). The van der Waals surface area contributed by atoms with Crippen LogP contribution in [0.15, 0.2) is 45.6 Å². The first-order valence-electron chi connectivity index (χ1n) is 10.8. The van der Waals surface area contributed by atoms with Gasteiger partial charge in [-0.1, -0.05) is 34.1 Å². The van der Waals surface area contributed by atoms with Crippen LogP contribution < -0.4 is 21.3 Å². The molecule has 3 aromatic rings. The highest BCUT2D eigenvalue weighted by Crippen LogP contribution is 2.29. The lowest BCUT2D eigenvalue weighted by atomic mass is 10.1. The largest absolute Gasteiger partial charge is 0.371 e. The lowest BCUT2D eigenvalue weighted by Crippen LogP contribution is -2.44. The quantitative estimate of drug-likeness (QED) is 0.385. The van der Waals surface area contributed by atoms with Crippen molar-refractivity contribution < 1.29 is 9.59 Å². The molecule has 174 valence electrons. The lowest BCUT2D eigenvalue weighted by Gasteiger charge is -2.32. The molecule has 33 heavy (non-hydrogen) atoms. The summed E-state index contributed by atoms with van der Waals surface area (Å²) in [6, 6.07) is 9.72. The van der Waals surface area contributed by atoms with Crippen molar-refractivity contribution >= 4 is 50.7 Å². The summed E-state index contributed by atoms with van der Waals surface area (Å²) in [7, 11) is 1.74. The molecule has 0 spiro atoms. The molecule has 1 amide bonds. The molecule has 4 N–H and O–H groups in total. The molecule has 3 heterocycles. The molecule has 2 aromatic heterocycles. The van der Waals surface area contributed by atoms with Gasteiger partial charge in [0.1, 0.15) is 0 Å². The summed E-state index contributed by atoms with van der Waals surface area (Å²) in [5.74, 6) is 0.681. The molecular weight excluding hydrogens is 504 g/mol. The smallest absolute Gasteiger partial charge is 0.272 e. The second-order valence-electron chi connectivity index (χ2n) is 8.00. The van der Waals surface area contributed by atoms with Crippen LogP contribution in [-0.4, -0.2) is 54.0 Å². The summed E-state index contributed by atoms with van der Waals surface area (Å²) in [6.07, 6.45) is 1.94. The zero-order valence-corrected chi connectivity index (χ0v) is 20.8. The highest BCUT2D eigenvalue weighted by Gasteiger charge is 2.28. The summed E-state index contributed by atoms with van der Waals surface area (Å²) in [5, 5.41) is 9.47. The number of hydrogen-bond donors (Lipinski definition) is 3. The number of halogens is 1. The normalized spacial score (nSPS) is 16.0. The maximum Gasteiger partial charge on any atom is 0.272 e. The van der Waals surface area contributed by atoms with Gasteiger partial charge in [-0.15, -0.1) is 0 Å². The van der Waals surface area contributed by atoms with Gasteiger partial charge in [-0.25, -0.2) is 0 Å². The Hall–Kier alpha value is -2.69. The fourth-order valence-electron chi connectivity index (χ4n) is 3.99. The third kappa shape index (κ3) is 5.29. The van der Waals surface area contributed by atoms with Crippen molar-refractivity contribution in [2.24, 2.45) is 5.73 Å². The number of Topliss-reactive ketones (excluding diaryl/α,β-unsaturated/α-hetero) is 1. The van der Waals surface area contributed by atoms with E-state index in [9.17, 15) is 9.59 Å². The van der Waals surface area contributed by atoms with Gasteiger partial charge in [-0.05, 0) is 35.9 Å². The fraction of sp³-hybridized carbons (Fsp3) is 0.348. The number of ketones is 1. The van der Waals surface area contributed by atoms with Crippen LogP contribution >= 0.6 is 27.3 Å². The number of carbonyl (C=O) groups is 2. The summed E-state index contributed by atoms with van der Waals surface area (Å²) < 4.78 is 2.86. The van der Waals surface area contributed by atoms with Crippen LogP contribution in [-0.2, 0) is 6.54 Å². The van der Waals surface area contributed by atoms with E-state index in [0.717, 1.165) is 29.4 Å². The second-order valence-corrected chi connectivity index (χ2v) is 9.64. The number of amides is 1. The van der Waals surface area contributed by atoms with E-state index < -0.39 is 0 Å². The van der Waals surface area contributed by atoms with Crippen molar-refractivity contribution in [3.8, 4) is 0 Å². The van der Waals surface area contributed by atoms with Gasteiger partial charge in [-0.3, -0.25) is 14.2 Å². The van der Waals surface area contributed by atoms with Gasteiger partial charge >= 0.3 is 0 Å². The van der Waals surface area contributed by atoms with Crippen LogP contribution in [0.25, 0.3) is 0 Å². The number of imidazole rings is 1. The maximum absolute atomic E-state index is 13.3. The highest BCUT2D eigenvalue weighted by molar-refractivity contribution is 9.10. The van der Waals surface area contributed by atoms with Crippen LogP contribution in [0, 0.1) is 0 Å². The third-order valence-corrected chi connectivity index (χ3v) is 7.14. The fourth-order valence-corrected chi connectivity index (χ4v) is 5.07. The number of anilines is 2. The van der Waals surface area contributed by atoms with Crippen LogP contribution in [0.4, 0.5) is 11.8 Å². The lowest BCUT2D eigenvalue weighted by molar-refractivity contribution is 0.0899. The molecule has 1 atom stereocenters. The minimum absolute atomic E-state index is 0.0610. The first kappa shape index (κ1) is 23.5. The van der Waals surface area contributed by atoms with E-state index in [0.29, 0.717) is 36.1 Å². The number of thiophene rings is 1. The Morgan fingerprint density at radius 3 is 2.82 bits per heavy atom. The van der Waals surface area contributed by atoms with Crippen molar-refractivity contribution in [2.75, 3.05) is 36.9 Å². The molecule has 0 unspecified atom stereocenters. The van der Waals surface area contributed by atoms with Crippen LogP contribution in [0.5, 0.6) is 0 Å². The predicted octanol–water partition coefficient (Wildman–Crippen LogP) is 3.34. The molecule has 1 aliphatic heterocycles. The Kier molecular flexibility index (Phi) is 7.46. The number of nitrogens with zero attached hydrogens (tertiary/aromatic N) is 3. The van der Waals surface area contributed by atoms with Crippen molar-refractivity contribution in [3.63, 3.8) is 0 Å². The Morgan fingerprint density at radius 2 is 2.12 bits per heavy atom. The number of aromatic nitrogens is 2. The Bertz CT molecular complexity index is 1130. The van der Waals surface area contributed by atoms with Gasteiger partial charge in [0.15, 0.2) is 17.3 Å². The zero-order chi connectivity index (χ0) is 23.4. The topological polar surface area (TPSA) is 105 Å². The molecule has 10 heteroatoms. The summed E-state index contributed by atoms with van der Waals surface area (Å²) in [4.78, 5) is 32.7.